The third-order valence-electron chi connectivity index (χ3n) is 2.23. The molecule has 1 aromatic carbocycles. The van der Waals surface area contributed by atoms with Gasteiger partial charge in [-0.1, -0.05) is 18.2 Å². The van der Waals surface area contributed by atoms with Crippen LogP contribution in [0.4, 0.5) is 0 Å². The number of hydrogen-bond acceptors (Lipinski definition) is 3. The second kappa shape index (κ2) is 6.18. The summed E-state index contributed by atoms with van der Waals surface area (Å²) < 4.78 is 5.08. The van der Waals surface area contributed by atoms with Crippen LogP contribution in [-0.4, -0.2) is 24.3 Å². The molecule has 0 bridgehead atoms. The van der Waals surface area contributed by atoms with Gasteiger partial charge in [0.1, 0.15) is 5.75 Å². The smallest absolute Gasteiger partial charge is 0.292 e. The number of benzene rings is 1. The number of carbonyl (C=O) groups is 2. The van der Waals surface area contributed by atoms with Gasteiger partial charge < -0.3 is 10.1 Å². The van der Waals surface area contributed by atoms with Crippen molar-refractivity contribution in [2.45, 2.75) is 26.3 Å². The second-order valence-corrected chi connectivity index (χ2v) is 5.18. The highest BCUT2D eigenvalue weighted by Crippen LogP contribution is 2.13. The van der Waals surface area contributed by atoms with Crippen LogP contribution in [0.25, 0.3) is 6.08 Å². The average molecular weight is 261 g/mol. The molecule has 0 saturated carbocycles. The van der Waals surface area contributed by atoms with Crippen molar-refractivity contribution in [3.63, 3.8) is 0 Å². The quantitative estimate of drug-likeness (QED) is 0.667. The first-order chi connectivity index (χ1) is 8.81. The number of methoxy groups -OCH3 is 1. The van der Waals surface area contributed by atoms with Crippen LogP contribution >= 0.6 is 0 Å². The fourth-order valence-electron chi connectivity index (χ4n) is 1.39. The lowest BCUT2D eigenvalue weighted by Crippen LogP contribution is -2.43. The Labute approximate surface area is 113 Å². The number of amides is 1. The first kappa shape index (κ1) is 15.0. The van der Waals surface area contributed by atoms with Gasteiger partial charge in [0.15, 0.2) is 0 Å². The Bertz CT molecular complexity index is 498. The highest BCUT2D eigenvalue weighted by Gasteiger charge is 2.17. The number of nitrogens with one attached hydrogen (secondary N) is 1. The first-order valence-electron chi connectivity index (χ1n) is 6.00. The Kier molecular flexibility index (Phi) is 4.87. The molecule has 102 valence electrons. The summed E-state index contributed by atoms with van der Waals surface area (Å²) in [6.45, 7) is 5.47. The minimum atomic E-state index is -0.605. The average Bonchev–Trinajstić information content (AvgIpc) is 2.34. The molecule has 1 rings (SSSR count). The molecule has 0 aromatic heterocycles. The molecule has 0 heterocycles. The highest BCUT2D eigenvalue weighted by atomic mass is 16.5. The fourth-order valence-corrected chi connectivity index (χ4v) is 1.39. The van der Waals surface area contributed by atoms with E-state index in [1.54, 1.807) is 19.3 Å². The van der Waals surface area contributed by atoms with Crippen LogP contribution in [0.1, 0.15) is 26.3 Å². The predicted molar refractivity (Wildman–Crippen MR) is 74.9 cm³/mol. The van der Waals surface area contributed by atoms with E-state index in [1.165, 1.54) is 6.08 Å². The molecule has 0 atom stereocenters. The van der Waals surface area contributed by atoms with Crippen molar-refractivity contribution >= 4 is 17.8 Å². The third kappa shape index (κ3) is 5.38. The molecule has 0 unspecified atom stereocenters. The molecule has 1 N–H and O–H groups in total. The third-order valence-corrected chi connectivity index (χ3v) is 2.23. The van der Waals surface area contributed by atoms with E-state index in [9.17, 15) is 9.59 Å². The molecule has 0 aliphatic rings. The lowest BCUT2D eigenvalue weighted by molar-refractivity contribution is -0.136. The van der Waals surface area contributed by atoms with Gasteiger partial charge in [-0.15, -0.1) is 0 Å². The summed E-state index contributed by atoms with van der Waals surface area (Å²) in [6.07, 6.45) is 2.85. The van der Waals surface area contributed by atoms with E-state index < -0.39 is 17.2 Å². The van der Waals surface area contributed by atoms with E-state index in [1.807, 2.05) is 39.0 Å². The standard InChI is InChI=1S/C15H19NO3/c1-15(2,3)16-14(18)13(17)9-8-11-6-5-7-12(10-11)19-4/h5-10H,1-4H3,(H,16,18)/b9-8+. The van der Waals surface area contributed by atoms with Crippen LogP contribution in [0.3, 0.4) is 0 Å². The minimum Gasteiger partial charge on any atom is -0.497 e. The molecular formula is C15H19NO3. The molecule has 19 heavy (non-hydrogen) atoms. The Morgan fingerprint density at radius 1 is 1.26 bits per heavy atom. The summed E-state index contributed by atoms with van der Waals surface area (Å²) in [5.41, 5.74) is 0.382. The van der Waals surface area contributed by atoms with Crippen molar-refractivity contribution in [3.8, 4) is 5.75 Å². The maximum Gasteiger partial charge on any atom is 0.292 e. The monoisotopic (exact) mass is 261 g/mol. The van der Waals surface area contributed by atoms with Crippen LogP contribution in [0.5, 0.6) is 5.75 Å². The van der Waals surface area contributed by atoms with Gasteiger partial charge >= 0.3 is 0 Å². The Balaban J connectivity index is 2.70. The largest absolute Gasteiger partial charge is 0.497 e. The Morgan fingerprint density at radius 3 is 2.53 bits per heavy atom. The number of hydrogen-bond donors (Lipinski definition) is 1. The highest BCUT2D eigenvalue weighted by molar-refractivity contribution is 6.41. The van der Waals surface area contributed by atoms with Crippen molar-refractivity contribution < 1.29 is 14.3 Å². The SMILES string of the molecule is COc1cccc(/C=C/C(=O)C(=O)NC(C)(C)C)c1. The van der Waals surface area contributed by atoms with Gasteiger partial charge in [0, 0.05) is 5.54 Å². The summed E-state index contributed by atoms with van der Waals surface area (Å²) in [5, 5.41) is 2.61. The van der Waals surface area contributed by atoms with Crippen molar-refractivity contribution in [2.24, 2.45) is 0 Å². The second-order valence-electron chi connectivity index (χ2n) is 5.18. The van der Waals surface area contributed by atoms with E-state index in [0.29, 0.717) is 5.75 Å². The van der Waals surface area contributed by atoms with Gasteiger partial charge in [-0.25, -0.2) is 0 Å². The van der Waals surface area contributed by atoms with Crippen molar-refractivity contribution in [2.75, 3.05) is 7.11 Å². The molecule has 0 aliphatic carbocycles. The summed E-state index contributed by atoms with van der Waals surface area (Å²) in [4.78, 5) is 23.2. The normalized spacial score (nSPS) is 11.4. The summed E-state index contributed by atoms with van der Waals surface area (Å²) in [6, 6.07) is 7.24. The van der Waals surface area contributed by atoms with Crippen LogP contribution in [0.2, 0.25) is 0 Å². The lowest BCUT2D eigenvalue weighted by Gasteiger charge is -2.19. The topological polar surface area (TPSA) is 55.4 Å². The Hall–Kier alpha value is -2.10. The lowest BCUT2D eigenvalue weighted by atomic mass is 10.1. The number of ether oxygens (including phenoxy) is 1. The zero-order valence-electron chi connectivity index (χ0n) is 11.7. The summed E-state index contributed by atoms with van der Waals surface area (Å²) >= 11 is 0. The van der Waals surface area contributed by atoms with Crippen LogP contribution in [-0.2, 0) is 9.59 Å². The van der Waals surface area contributed by atoms with E-state index in [2.05, 4.69) is 5.32 Å². The van der Waals surface area contributed by atoms with Crippen molar-refractivity contribution in [3.05, 3.63) is 35.9 Å². The molecule has 4 nitrogen and oxygen atoms in total. The summed E-state index contributed by atoms with van der Waals surface area (Å²) in [5.74, 6) is -0.474. The maximum atomic E-state index is 11.6. The minimum absolute atomic E-state index is 0.420. The summed E-state index contributed by atoms with van der Waals surface area (Å²) in [7, 11) is 1.57. The molecule has 1 amide bonds. The first-order valence-corrected chi connectivity index (χ1v) is 6.00. The molecule has 0 radical (unpaired) electrons. The zero-order valence-corrected chi connectivity index (χ0v) is 11.7. The molecular weight excluding hydrogens is 242 g/mol. The van der Waals surface area contributed by atoms with Crippen molar-refractivity contribution in [1.29, 1.82) is 0 Å². The van der Waals surface area contributed by atoms with E-state index in [-0.39, 0.29) is 0 Å². The van der Waals surface area contributed by atoms with Gasteiger partial charge in [0.2, 0.25) is 5.78 Å². The molecule has 1 aromatic rings. The van der Waals surface area contributed by atoms with Crippen LogP contribution < -0.4 is 10.1 Å². The Morgan fingerprint density at radius 2 is 1.95 bits per heavy atom. The van der Waals surface area contributed by atoms with Gasteiger partial charge in [0.05, 0.1) is 7.11 Å². The van der Waals surface area contributed by atoms with Gasteiger partial charge in [0.25, 0.3) is 5.91 Å². The van der Waals surface area contributed by atoms with Gasteiger partial charge in [-0.3, -0.25) is 9.59 Å². The molecule has 0 fully saturated rings. The zero-order chi connectivity index (χ0) is 14.5. The van der Waals surface area contributed by atoms with Crippen LogP contribution in [0.15, 0.2) is 30.3 Å². The molecule has 0 aliphatic heterocycles. The van der Waals surface area contributed by atoms with E-state index in [4.69, 9.17) is 4.74 Å². The van der Waals surface area contributed by atoms with Gasteiger partial charge in [-0.05, 0) is 44.5 Å². The molecule has 4 heteroatoms. The van der Waals surface area contributed by atoms with E-state index in [0.717, 1.165) is 5.56 Å². The number of carbonyl (C=O) groups excluding carboxylic acids is 2. The van der Waals surface area contributed by atoms with Crippen LogP contribution in [0, 0.1) is 0 Å². The maximum absolute atomic E-state index is 11.6. The number of ketones is 1. The fraction of sp³-hybridized carbons (Fsp3) is 0.333. The van der Waals surface area contributed by atoms with Gasteiger partial charge in [-0.2, -0.15) is 0 Å². The molecule has 0 saturated heterocycles. The van der Waals surface area contributed by atoms with Crippen molar-refractivity contribution in [1.82, 2.24) is 5.32 Å². The van der Waals surface area contributed by atoms with E-state index >= 15 is 0 Å². The predicted octanol–water partition coefficient (Wildman–Crippen LogP) is 2.19. The molecule has 0 spiro atoms. The number of rotatable bonds is 4.